The Balaban J connectivity index is 1.83. The molecule has 0 unspecified atom stereocenters. The minimum absolute atomic E-state index is 0.0269. The highest BCUT2D eigenvalue weighted by molar-refractivity contribution is 7.92. The predicted molar refractivity (Wildman–Crippen MR) is 185 cm³/mol. The Labute approximate surface area is 290 Å². The van der Waals surface area contributed by atoms with Crippen molar-refractivity contribution in [2.75, 3.05) is 31.6 Å². The van der Waals surface area contributed by atoms with Crippen LogP contribution in [0.2, 0.25) is 10.0 Å². The molecule has 0 saturated carbocycles. The molecule has 0 aliphatic heterocycles. The van der Waals surface area contributed by atoms with Crippen molar-refractivity contribution in [1.82, 2.24) is 10.2 Å². The lowest BCUT2D eigenvalue weighted by molar-refractivity contribution is -0.140. The lowest BCUT2D eigenvalue weighted by Crippen LogP contribution is -2.53. The molecule has 0 aliphatic carbocycles. The smallest absolute Gasteiger partial charge is 0.264 e. The number of ether oxygens (including phenoxy) is 2. The number of carbonyl (C=O) groups excluding carboxylic acids is 2. The van der Waals surface area contributed by atoms with E-state index in [-0.39, 0.29) is 34.3 Å². The van der Waals surface area contributed by atoms with E-state index in [2.05, 4.69) is 5.32 Å². The van der Waals surface area contributed by atoms with Crippen molar-refractivity contribution in [1.29, 1.82) is 0 Å². The van der Waals surface area contributed by atoms with Crippen molar-refractivity contribution >= 4 is 50.7 Å². The first-order valence-electron chi connectivity index (χ1n) is 15.0. The summed E-state index contributed by atoms with van der Waals surface area (Å²) in [5, 5.41) is 3.53. The van der Waals surface area contributed by atoms with Gasteiger partial charge in [0.1, 0.15) is 18.4 Å². The molecule has 9 nitrogen and oxygen atoms in total. The zero-order valence-corrected chi connectivity index (χ0v) is 29.0. The topological polar surface area (TPSA) is 105 Å². The first-order chi connectivity index (χ1) is 23.0. The number of hydrogen-bond donors (Lipinski definition) is 1. The predicted octanol–water partition coefficient (Wildman–Crippen LogP) is 6.51. The molecule has 0 aromatic heterocycles. The number of sulfonamides is 1. The number of amides is 2. The summed E-state index contributed by atoms with van der Waals surface area (Å²) in [5.74, 6) is -1.27. The molecule has 4 aromatic carbocycles. The molecular formula is C35H36Cl2FN3O6S. The van der Waals surface area contributed by atoms with Crippen LogP contribution in [0.4, 0.5) is 10.1 Å². The third-order valence-electron chi connectivity index (χ3n) is 7.51. The van der Waals surface area contributed by atoms with Gasteiger partial charge in [0.15, 0.2) is 11.5 Å². The highest BCUT2D eigenvalue weighted by atomic mass is 35.5. The summed E-state index contributed by atoms with van der Waals surface area (Å²) in [6.45, 7) is 1.39. The molecule has 13 heteroatoms. The van der Waals surface area contributed by atoms with Crippen LogP contribution in [0, 0.1) is 5.82 Å². The number of methoxy groups -OCH3 is 2. The SMILES string of the molecule is CCCNC(=O)[C@@H](Cc1ccccc1)N(Cc1ccc(Cl)cc1Cl)C(=O)CN(c1ccc(F)cc1)S(=O)(=O)c1ccc(OC)c(OC)c1. The van der Waals surface area contributed by atoms with Crippen molar-refractivity contribution in [3.05, 3.63) is 118 Å². The molecule has 2 amide bonds. The molecule has 48 heavy (non-hydrogen) atoms. The number of nitrogens with zero attached hydrogens (tertiary/aromatic N) is 2. The summed E-state index contributed by atoms with van der Waals surface area (Å²) in [4.78, 5) is 29.4. The van der Waals surface area contributed by atoms with E-state index in [1.54, 1.807) is 12.1 Å². The van der Waals surface area contributed by atoms with Gasteiger partial charge in [0.05, 0.1) is 24.8 Å². The largest absolute Gasteiger partial charge is 0.493 e. The number of benzene rings is 4. The maximum absolute atomic E-state index is 14.5. The lowest BCUT2D eigenvalue weighted by Gasteiger charge is -2.34. The van der Waals surface area contributed by atoms with E-state index in [0.29, 0.717) is 29.3 Å². The maximum Gasteiger partial charge on any atom is 0.264 e. The zero-order chi connectivity index (χ0) is 34.8. The molecule has 0 spiro atoms. The molecule has 0 aliphatic rings. The van der Waals surface area contributed by atoms with Crippen molar-refractivity contribution < 1.29 is 31.9 Å². The van der Waals surface area contributed by atoms with E-state index in [1.807, 2.05) is 37.3 Å². The number of hydrogen-bond acceptors (Lipinski definition) is 6. The fraction of sp³-hybridized carbons (Fsp3) is 0.257. The van der Waals surface area contributed by atoms with E-state index >= 15 is 0 Å². The first kappa shape index (κ1) is 36.5. The van der Waals surface area contributed by atoms with Crippen LogP contribution in [0.1, 0.15) is 24.5 Å². The molecule has 0 radical (unpaired) electrons. The van der Waals surface area contributed by atoms with Crippen LogP contribution < -0.4 is 19.1 Å². The second-order valence-electron chi connectivity index (χ2n) is 10.8. The van der Waals surface area contributed by atoms with Gasteiger partial charge in [-0.2, -0.15) is 0 Å². The Morgan fingerprint density at radius 3 is 2.21 bits per heavy atom. The summed E-state index contributed by atoms with van der Waals surface area (Å²) >= 11 is 12.7. The Bertz CT molecular complexity index is 1830. The monoisotopic (exact) mass is 715 g/mol. The maximum atomic E-state index is 14.5. The van der Waals surface area contributed by atoms with Crippen LogP contribution in [0.3, 0.4) is 0 Å². The molecule has 4 aromatic rings. The minimum atomic E-state index is -4.48. The summed E-state index contributed by atoms with van der Waals surface area (Å²) in [6, 6.07) is 21.6. The van der Waals surface area contributed by atoms with Gasteiger partial charge in [-0.1, -0.05) is 66.5 Å². The number of carbonyl (C=O) groups is 2. The molecular weight excluding hydrogens is 680 g/mol. The van der Waals surface area contributed by atoms with Crippen LogP contribution in [-0.2, 0) is 32.6 Å². The van der Waals surface area contributed by atoms with E-state index in [1.165, 1.54) is 55.5 Å². The van der Waals surface area contributed by atoms with Gasteiger partial charge in [-0.05, 0) is 66.1 Å². The Morgan fingerprint density at radius 2 is 1.58 bits per heavy atom. The van der Waals surface area contributed by atoms with Gasteiger partial charge in [0, 0.05) is 35.6 Å². The third-order valence-corrected chi connectivity index (χ3v) is 9.87. The Hall–Kier alpha value is -4.32. The molecule has 1 N–H and O–H groups in total. The summed E-state index contributed by atoms with van der Waals surface area (Å²) < 4.78 is 54.0. The number of rotatable bonds is 15. The molecule has 0 bridgehead atoms. The fourth-order valence-corrected chi connectivity index (χ4v) is 6.89. The molecule has 1 atom stereocenters. The lowest BCUT2D eigenvalue weighted by atomic mass is 10.0. The minimum Gasteiger partial charge on any atom is -0.493 e. The van der Waals surface area contributed by atoms with Gasteiger partial charge < -0.3 is 19.7 Å². The van der Waals surface area contributed by atoms with Crippen molar-refractivity contribution in [2.24, 2.45) is 0 Å². The summed E-state index contributed by atoms with van der Waals surface area (Å²) in [5.41, 5.74) is 1.30. The Morgan fingerprint density at radius 1 is 0.896 bits per heavy atom. The third kappa shape index (κ3) is 8.97. The van der Waals surface area contributed by atoms with Crippen LogP contribution in [-0.4, -0.2) is 58.5 Å². The van der Waals surface area contributed by atoms with Crippen LogP contribution in [0.15, 0.2) is 95.9 Å². The fourth-order valence-electron chi connectivity index (χ4n) is 4.99. The highest BCUT2D eigenvalue weighted by Gasteiger charge is 2.35. The standard InChI is InChI=1S/C35H36Cl2FN3O6S/c1-4-18-39-35(43)31(19-24-8-6-5-7-9-24)40(22-25-10-11-26(36)20-30(25)37)34(42)23-41(28-14-12-27(38)13-15-28)48(44,45)29-16-17-32(46-2)33(21-29)47-3/h5-17,20-21,31H,4,18-19,22-23H2,1-3H3,(H,39,43)/t31-/m1/s1. The van der Waals surface area contributed by atoms with E-state index < -0.39 is 40.2 Å². The second-order valence-corrected chi connectivity index (χ2v) is 13.5. The van der Waals surface area contributed by atoms with Crippen LogP contribution >= 0.6 is 23.2 Å². The van der Waals surface area contributed by atoms with Gasteiger partial charge in [-0.15, -0.1) is 0 Å². The average molecular weight is 717 g/mol. The first-order valence-corrected chi connectivity index (χ1v) is 17.2. The zero-order valence-electron chi connectivity index (χ0n) is 26.7. The quantitative estimate of drug-likeness (QED) is 0.151. The average Bonchev–Trinajstić information content (AvgIpc) is 3.08. The van der Waals surface area contributed by atoms with Crippen molar-refractivity contribution in [2.45, 2.75) is 37.2 Å². The Kier molecular flexibility index (Phi) is 12.7. The molecule has 4 rings (SSSR count). The summed E-state index contributed by atoms with van der Waals surface area (Å²) in [7, 11) is -1.69. The van der Waals surface area contributed by atoms with E-state index in [4.69, 9.17) is 32.7 Å². The van der Waals surface area contributed by atoms with Crippen molar-refractivity contribution in [3.63, 3.8) is 0 Å². The van der Waals surface area contributed by atoms with Crippen LogP contribution in [0.5, 0.6) is 11.5 Å². The molecule has 0 heterocycles. The van der Waals surface area contributed by atoms with Gasteiger partial charge in [-0.25, -0.2) is 12.8 Å². The molecule has 254 valence electrons. The van der Waals surface area contributed by atoms with E-state index in [0.717, 1.165) is 22.0 Å². The van der Waals surface area contributed by atoms with Gasteiger partial charge >= 0.3 is 0 Å². The van der Waals surface area contributed by atoms with Gasteiger partial charge in [-0.3, -0.25) is 13.9 Å². The van der Waals surface area contributed by atoms with Gasteiger partial charge in [0.25, 0.3) is 10.0 Å². The van der Waals surface area contributed by atoms with Gasteiger partial charge in [0.2, 0.25) is 11.8 Å². The number of halogens is 3. The molecule has 0 fully saturated rings. The molecule has 0 saturated heterocycles. The second kappa shape index (κ2) is 16.7. The van der Waals surface area contributed by atoms with E-state index in [9.17, 15) is 22.4 Å². The summed E-state index contributed by atoms with van der Waals surface area (Å²) in [6.07, 6.45) is 0.787. The van der Waals surface area contributed by atoms with Crippen LogP contribution in [0.25, 0.3) is 0 Å². The highest BCUT2D eigenvalue weighted by Crippen LogP contribution is 2.33. The number of nitrogens with one attached hydrogen (secondary N) is 1. The van der Waals surface area contributed by atoms with Crippen molar-refractivity contribution in [3.8, 4) is 11.5 Å². The number of anilines is 1. The normalized spacial score (nSPS) is 11.8.